The number of benzene rings is 1. The number of nitrogens with one attached hydrogen (secondary N) is 1. The molecule has 4 rings (SSSR count). The Hall–Kier alpha value is -1.72. The van der Waals surface area contributed by atoms with Gasteiger partial charge in [-0.1, -0.05) is 12.1 Å². The lowest BCUT2D eigenvalue weighted by Crippen LogP contribution is -2.14. The standard InChI is InChI=1S/C15H16N4S/c1-19-13-5-3-2-4-11(13)18-15(19)12-9-20-14(17-12)8-16-10-6-7-10/h2-5,9-10,16H,6-8H2,1H3. The Kier molecular flexibility index (Phi) is 2.82. The van der Waals surface area contributed by atoms with E-state index in [1.54, 1.807) is 11.3 Å². The van der Waals surface area contributed by atoms with Crippen molar-refractivity contribution in [2.24, 2.45) is 7.05 Å². The fourth-order valence-electron chi connectivity index (χ4n) is 2.39. The van der Waals surface area contributed by atoms with Gasteiger partial charge in [0.25, 0.3) is 0 Å². The van der Waals surface area contributed by atoms with E-state index in [1.807, 2.05) is 25.2 Å². The third-order valence-electron chi connectivity index (χ3n) is 3.69. The summed E-state index contributed by atoms with van der Waals surface area (Å²) in [6, 6.07) is 8.91. The van der Waals surface area contributed by atoms with Crippen LogP contribution in [-0.2, 0) is 13.6 Å². The van der Waals surface area contributed by atoms with E-state index < -0.39 is 0 Å². The summed E-state index contributed by atoms with van der Waals surface area (Å²) in [6.07, 6.45) is 2.62. The van der Waals surface area contributed by atoms with E-state index in [4.69, 9.17) is 9.97 Å². The molecule has 1 fully saturated rings. The largest absolute Gasteiger partial charge is 0.326 e. The van der Waals surface area contributed by atoms with Crippen molar-refractivity contribution in [2.45, 2.75) is 25.4 Å². The smallest absolute Gasteiger partial charge is 0.160 e. The Morgan fingerprint density at radius 2 is 2.15 bits per heavy atom. The van der Waals surface area contributed by atoms with Gasteiger partial charge in [0.1, 0.15) is 10.7 Å². The number of thiazole rings is 1. The van der Waals surface area contributed by atoms with Gasteiger partial charge >= 0.3 is 0 Å². The lowest BCUT2D eigenvalue weighted by atomic mass is 10.3. The molecule has 1 N–H and O–H groups in total. The monoisotopic (exact) mass is 284 g/mol. The molecule has 0 bridgehead atoms. The highest BCUT2D eigenvalue weighted by Gasteiger charge is 2.21. The van der Waals surface area contributed by atoms with Gasteiger partial charge < -0.3 is 9.88 Å². The van der Waals surface area contributed by atoms with Gasteiger partial charge in [-0.3, -0.25) is 0 Å². The van der Waals surface area contributed by atoms with Crippen LogP contribution in [0.25, 0.3) is 22.6 Å². The second-order valence-corrected chi connectivity index (χ2v) is 6.21. The fourth-order valence-corrected chi connectivity index (χ4v) is 3.11. The molecule has 4 nitrogen and oxygen atoms in total. The minimum Gasteiger partial charge on any atom is -0.326 e. The van der Waals surface area contributed by atoms with Crippen LogP contribution in [0.5, 0.6) is 0 Å². The molecule has 0 aliphatic heterocycles. The summed E-state index contributed by atoms with van der Waals surface area (Å²) in [5, 5.41) is 6.74. The predicted octanol–water partition coefficient (Wildman–Crippen LogP) is 2.95. The lowest BCUT2D eigenvalue weighted by molar-refractivity contribution is 0.684. The number of rotatable bonds is 4. The fraction of sp³-hybridized carbons (Fsp3) is 0.333. The summed E-state index contributed by atoms with van der Waals surface area (Å²) in [6.45, 7) is 0.874. The van der Waals surface area contributed by atoms with E-state index in [9.17, 15) is 0 Å². The molecule has 102 valence electrons. The van der Waals surface area contributed by atoms with Gasteiger partial charge in [0.05, 0.1) is 11.0 Å². The first-order chi connectivity index (χ1) is 9.81. The average Bonchev–Trinajstić information content (AvgIpc) is 3.09. The van der Waals surface area contributed by atoms with Gasteiger partial charge in [0, 0.05) is 25.0 Å². The number of aryl methyl sites for hydroxylation is 1. The number of fused-ring (bicyclic) bond motifs is 1. The van der Waals surface area contributed by atoms with Gasteiger partial charge in [0.2, 0.25) is 0 Å². The molecule has 0 radical (unpaired) electrons. The molecule has 2 aromatic heterocycles. The van der Waals surface area contributed by atoms with Crippen molar-refractivity contribution in [3.8, 4) is 11.5 Å². The third-order valence-corrected chi connectivity index (χ3v) is 4.54. The SMILES string of the molecule is Cn1c(-c2csc(CNC3CC3)n2)nc2ccccc21. The molecule has 1 aliphatic rings. The molecule has 0 atom stereocenters. The molecule has 1 aliphatic carbocycles. The number of nitrogens with zero attached hydrogens (tertiary/aromatic N) is 3. The third kappa shape index (κ3) is 2.13. The zero-order chi connectivity index (χ0) is 13.5. The molecular formula is C15H16N4S. The van der Waals surface area contributed by atoms with E-state index in [0.717, 1.165) is 40.1 Å². The van der Waals surface area contributed by atoms with Crippen molar-refractivity contribution >= 4 is 22.4 Å². The predicted molar refractivity (Wildman–Crippen MR) is 81.7 cm³/mol. The Bertz CT molecular complexity index is 754. The maximum Gasteiger partial charge on any atom is 0.160 e. The molecule has 20 heavy (non-hydrogen) atoms. The maximum absolute atomic E-state index is 4.71. The molecule has 0 saturated heterocycles. The number of imidazole rings is 1. The second-order valence-electron chi connectivity index (χ2n) is 5.26. The molecule has 1 aromatic carbocycles. The Labute approximate surface area is 121 Å². The zero-order valence-electron chi connectivity index (χ0n) is 11.3. The van der Waals surface area contributed by atoms with Crippen LogP contribution in [0.15, 0.2) is 29.6 Å². The van der Waals surface area contributed by atoms with Crippen LogP contribution in [0.1, 0.15) is 17.8 Å². The van der Waals surface area contributed by atoms with Crippen molar-refractivity contribution in [1.82, 2.24) is 19.9 Å². The summed E-state index contributed by atoms with van der Waals surface area (Å²) in [4.78, 5) is 9.40. The number of hydrogen-bond acceptors (Lipinski definition) is 4. The van der Waals surface area contributed by atoms with Crippen LogP contribution in [0.3, 0.4) is 0 Å². The Morgan fingerprint density at radius 1 is 1.30 bits per heavy atom. The summed E-state index contributed by atoms with van der Waals surface area (Å²) in [7, 11) is 2.05. The quantitative estimate of drug-likeness (QED) is 0.801. The molecule has 3 aromatic rings. The van der Waals surface area contributed by atoms with Gasteiger partial charge in [-0.2, -0.15) is 0 Å². The summed E-state index contributed by atoms with van der Waals surface area (Å²) < 4.78 is 2.11. The van der Waals surface area contributed by atoms with E-state index in [1.165, 1.54) is 12.8 Å². The van der Waals surface area contributed by atoms with E-state index >= 15 is 0 Å². The number of aromatic nitrogens is 3. The van der Waals surface area contributed by atoms with Crippen LogP contribution < -0.4 is 5.32 Å². The molecule has 1 saturated carbocycles. The summed E-state index contributed by atoms with van der Waals surface area (Å²) in [5.41, 5.74) is 3.14. The average molecular weight is 284 g/mol. The molecular weight excluding hydrogens is 268 g/mol. The van der Waals surface area contributed by atoms with Crippen molar-refractivity contribution in [3.05, 3.63) is 34.7 Å². The minimum absolute atomic E-state index is 0.720. The van der Waals surface area contributed by atoms with Crippen LogP contribution in [0.4, 0.5) is 0 Å². The molecule has 2 heterocycles. The first-order valence-corrected chi connectivity index (χ1v) is 7.79. The van der Waals surface area contributed by atoms with Gasteiger partial charge in [-0.05, 0) is 25.0 Å². The molecule has 0 spiro atoms. The van der Waals surface area contributed by atoms with Crippen LogP contribution >= 0.6 is 11.3 Å². The highest BCUT2D eigenvalue weighted by atomic mass is 32.1. The first kappa shape index (κ1) is 12.1. The van der Waals surface area contributed by atoms with E-state index in [2.05, 4.69) is 21.3 Å². The highest BCUT2D eigenvalue weighted by molar-refractivity contribution is 7.09. The number of para-hydroxylation sites is 2. The summed E-state index contributed by atoms with van der Waals surface area (Å²) >= 11 is 1.71. The van der Waals surface area contributed by atoms with Gasteiger partial charge in [-0.25, -0.2) is 9.97 Å². The lowest BCUT2D eigenvalue weighted by Gasteiger charge is -1.99. The van der Waals surface area contributed by atoms with Crippen LogP contribution in [-0.4, -0.2) is 20.6 Å². The Morgan fingerprint density at radius 3 is 2.95 bits per heavy atom. The van der Waals surface area contributed by atoms with E-state index in [0.29, 0.717) is 0 Å². The van der Waals surface area contributed by atoms with Crippen molar-refractivity contribution < 1.29 is 0 Å². The van der Waals surface area contributed by atoms with Crippen molar-refractivity contribution in [2.75, 3.05) is 0 Å². The molecule has 0 unspecified atom stereocenters. The topological polar surface area (TPSA) is 42.7 Å². The van der Waals surface area contributed by atoms with Gasteiger partial charge in [-0.15, -0.1) is 11.3 Å². The second kappa shape index (κ2) is 4.68. The molecule has 0 amide bonds. The molecule has 5 heteroatoms. The maximum atomic E-state index is 4.71. The van der Waals surface area contributed by atoms with Gasteiger partial charge in [0.15, 0.2) is 5.82 Å². The first-order valence-electron chi connectivity index (χ1n) is 6.91. The van der Waals surface area contributed by atoms with Crippen molar-refractivity contribution in [3.63, 3.8) is 0 Å². The Balaban J connectivity index is 1.66. The van der Waals surface area contributed by atoms with E-state index in [-0.39, 0.29) is 0 Å². The van der Waals surface area contributed by atoms with Crippen molar-refractivity contribution in [1.29, 1.82) is 0 Å². The van der Waals surface area contributed by atoms with Crippen LogP contribution in [0, 0.1) is 0 Å². The highest BCUT2D eigenvalue weighted by Crippen LogP contribution is 2.25. The number of hydrogen-bond donors (Lipinski definition) is 1. The minimum atomic E-state index is 0.720. The zero-order valence-corrected chi connectivity index (χ0v) is 12.2. The van der Waals surface area contributed by atoms with Crippen LogP contribution in [0.2, 0.25) is 0 Å². The normalized spacial score (nSPS) is 15.1. The summed E-state index contributed by atoms with van der Waals surface area (Å²) in [5.74, 6) is 0.945.